The van der Waals surface area contributed by atoms with Crippen LogP contribution in [0.3, 0.4) is 0 Å². The van der Waals surface area contributed by atoms with Gasteiger partial charge in [-0.15, -0.1) is 0 Å². The Morgan fingerprint density at radius 1 is 1.29 bits per heavy atom. The Bertz CT molecular complexity index is 654. The van der Waals surface area contributed by atoms with Crippen molar-refractivity contribution in [3.63, 3.8) is 0 Å². The molecule has 21 heavy (non-hydrogen) atoms. The molecule has 2 aromatic rings. The molecule has 1 N–H and O–H groups in total. The predicted molar refractivity (Wildman–Crippen MR) is 78.1 cm³/mol. The fraction of sp³-hybridized carbons (Fsp3) is 0.200. The summed E-state index contributed by atoms with van der Waals surface area (Å²) in [5, 5.41) is 13.9. The van der Waals surface area contributed by atoms with Crippen molar-refractivity contribution in [1.29, 1.82) is 0 Å². The number of methoxy groups -OCH3 is 1. The van der Waals surface area contributed by atoms with Gasteiger partial charge in [0.1, 0.15) is 11.6 Å². The molecule has 0 heterocycles. The molecule has 0 aliphatic heterocycles. The van der Waals surface area contributed by atoms with E-state index in [1.165, 1.54) is 31.4 Å². The summed E-state index contributed by atoms with van der Waals surface area (Å²) in [6.07, 6.45) is 0. The van der Waals surface area contributed by atoms with Crippen LogP contribution in [0, 0.1) is 22.9 Å². The third-order valence-electron chi connectivity index (χ3n) is 3.00. The molecule has 0 aromatic heterocycles. The number of halogens is 1. The van der Waals surface area contributed by atoms with Crippen molar-refractivity contribution >= 4 is 11.4 Å². The van der Waals surface area contributed by atoms with Crippen LogP contribution in [-0.4, -0.2) is 12.0 Å². The number of aryl methyl sites for hydroxylation is 1. The van der Waals surface area contributed by atoms with Crippen LogP contribution in [0.2, 0.25) is 0 Å². The van der Waals surface area contributed by atoms with Crippen molar-refractivity contribution in [2.45, 2.75) is 13.5 Å². The number of ether oxygens (including phenoxy) is 1. The summed E-state index contributed by atoms with van der Waals surface area (Å²) in [5.41, 5.74) is 2.03. The summed E-state index contributed by atoms with van der Waals surface area (Å²) < 4.78 is 18.5. The molecule has 0 radical (unpaired) electrons. The van der Waals surface area contributed by atoms with E-state index < -0.39 is 4.92 Å². The number of benzene rings is 2. The Balaban J connectivity index is 2.21. The van der Waals surface area contributed by atoms with Gasteiger partial charge >= 0.3 is 0 Å². The van der Waals surface area contributed by atoms with Crippen LogP contribution in [0.15, 0.2) is 36.4 Å². The molecule has 0 unspecified atom stereocenters. The molecule has 0 saturated carbocycles. The third-order valence-corrected chi connectivity index (χ3v) is 3.00. The van der Waals surface area contributed by atoms with Crippen molar-refractivity contribution in [2.24, 2.45) is 0 Å². The topological polar surface area (TPSA) is 64.4 Å². The van der Waals surface area contributed by atoms with E-state index in [2.05, 4.69) is 5.32 Å². The second kappa shape index (κ2) is 6.21. The molecule has 2 rings (SSSR count). The summed E-state index contributed by atoms with van der Waals surface area (Å²) in [5.74, 6) is 0.213. The van der Waals surface area contributed by atoms with Gasteiger partial charge in [-0.1, -0.05) is 0 Å². The minimum Gasteiger partial charge on any atom is -0.496 e. The number of nitrogens with zero attached hydrogens (tertiary/aromatic N) is 1. The zero-order valence-corrected chi connectivity index (χ0v) is 11.7. The second-order valence-electron chi connectivity index (χ2n) is 4.62. The molecule has 0 amide bonds. The summed E-state index contributed by atoms with van der Waals surface area (Å²) in [7, 11) is 1.50. The van der Waals surface area contributed by atoms with Gasteiger partial charge in [-0.05, 0) is 36.8 Å². The number of hydrogen-bond acceptors (Lipinski definition) is 4. The van der Waals surface area contributed by atoms with Crippen LogP contribution >= 0.6 is 0 Å². The Kier molecular flexibility index (Phi) is 4.37. The number of nitro groups is 1. The molecule has 110 valence electrons. The van der Waals surface area contributed by atoms with Gasteiger partial charge < -0.3 is 10.1 Å². The zero-order valence-electron chi connectivity index (χ0n) is 11.7. The van der Waals surface area contributed by atoms with Gasteiger partial charge in [-0.3, -0.25) is 10.1 Å². The highest BCUT2D eigenvalue weighted by atomic mass is 19.1. The Hall–Kier alpha value is -2.63. The molecular formula is C15H15FN2O3. The SMILES string of the molecule is COc1ccc([N+](=O)[O-])cc1CNc1cc(C)cc(F)c1. The maximum atomic E-state index is 13.3. The minimum atomic E-state index is -0.463. The average Bonchev–Trinajstić information content (AvgIpc) is 2.43. The fourth-order valence-corrected chi connectivity index (χ4v) is 2.05. The third kappa shape index (κ3) is 3.68. The van der Waals surface area contributed by atoms with Crippen LogP contribution in [0.25, 0.3) is 0 Å². The first-order chi connectivity index (χ1) is 9.99. The van der Waals surface area contributed by atoms with Crippen LogP contribution in [0.4, 0.5) is 15.8 Å². The summed E-state index contributed by atoms with van der Waals surface area (Å²) >= 11 is 0. The quantitative estimate of drug-likeness (QED) is 0.674. The van der Waals surface area contributed by atoms with E-state index in [9.17, 15) is 14.5 Å². The first kappa shape index (κ1) is 14.8. The van der Waals surface area contributed by atoms with Crippen molar-refractivity contribution in [3.05, 3.63) is 63.5 Å². The number of anilines is 1. The fourth-order valence-electron chi connectivity index (χ4n) is 2.05. The monoisotopic (exact) mass is 290 g/mol. The molecule has 0 fully saturated rings. The molecular weight excluding hydrogens is 275 g/mol. The first-order valence-corrected chi connectivity index (χ1v) is 6.32. The van der Waals surface area contributed by atoms with Crippen LogP contribution in [-0.2, 0) is 6.54 Å². The number of non-ortho nitro benzene ring substituents is 1. The highest BCUT2D eigenvalue weighted by Gasteiger charge is 2.11. The number of hydrogen-bond donors (Lipinski definition) is 1. The smallest absolute Gasteiger partial charge is 0.270 e. The largest absolute Gasteiger partial charge is 0.496 e. The average molecular weight is 290 g/mol. The van der Waals surface area contributed by atoms with Gasteiger partial charge in [0, 0.05) is 29.9 Å². The van der Waals surface area contributed by atoms with Gasteiger partial charge in [0.2, 0.25) is 0 Å². The van der Waals surface area contributed by atoms with E-state index in [0.29, 0.717) is 23.5 Å². The van der Waals surface area contributed by atoms with E-state index in [1.807, 2.05) is 0 Å². The standard InChI is InChI=1S/C15H15FN2O3/c1-10-5-12(16)8-13(6-10)17-9-11-7-14(18(19)20)3-4-15(11)21-2/h3-8,17H,9H2,1-2H3. The predicted octanol–water partition coefficient (Wildman–Crippen LogP) is 3.66. The second-order valence-corrected chi connectivity index (χ2v) is 4.62. The number of rotatable bonds is 5. The van der Waals surface area contributed by atoms with Gasteiger partial charge in [-0.25, -0.2) is 4.39 Å². The lowest BCUT2D eigenvalue weighted by Gasteiger charge is -2.11. The summed E-state index contributed by atoms with van der Waals surface area (Å²) in [6.45, 7) is 2.09. The highest BCUT2D eigenvalue weighted by Crippen LogP contribution is 2.25. The first-order valence-electron chi connectivity index (χ1n) is 6.32. The minimum absolute atomic E-state index is 0.0111. The van der Waals surface area contributed by atoms with Crippen LogP contribution < -0.4 is 10.1 Å². The number of nitro benzene ring substituents is 1. The molecule has 0 atom stereocenters. The lowest BCUT2D eigenvalue weighted by molar-refractivity contribution is -0.384. The lowest BCUT2D eigenvalue weighted by Crippen LogP contribution is -2.03. The maximum Gasteiger partial charge on any atom is 0.270 e. The molecule has 2 aromatic carbocycles. The molecule has 0 bridgehead atoms. The van der Waals surface area contributed by atoms with Gasteiger partial charge in [-0.2, -0.15) is 0 Å². The summed E-state index contributed by atoms with van der Waals surface area (Å²) in [6, 6.07) is 8.97. The Labute approximate surface area is 121 Å². The van der Waals surface area contributed by atoms with Crippen molar-refractivity contribution in [1.82, 2.24) is 0 Å². The van der Waals surface area contributed by atoms with Gasteiger partial charge in [0.25, 0.3) is 5.69 Å². The molecule has 0 saturated heterocycles. The molecule has 0 aliphatic carbocycles. The van der Waals surface area contributed by atoms with E-state index in [4.69, 9.17) is 4.74 Å². The van der Waals surface area contributed by atoms with E-state index >= 15 is 0 Å². The van der Waals surface area contributed by atoms with Gasteiger partial charge in [0.05, 0.1) is 12.0 Å². The van der Waals surface area contributed by atoms with E-state index in [1.54, 1.807) is 19.1 Å². The molecule has 6 heteroatoms. The molecule has 0 spiro atoms. The Morgan fingerprint density at radius 2 is 2.05 bits per heavy atom. The number of nitrogens with one attached hydrogen (secondary N) is 1. The summed E-state index contributed by atoms with van der Waals surface area (Å²) in [4.78, 5) is 10.3. The Morgan fingerprint density at radius 3 is 2.67 bits per heavy atom. The van der Waals surface area contributed by atoms with Gasteiger partial charge in [0.15, 0.2) is 0 Å². The maximum absolute atomic E-state index is 13.3. The molecule has 5 nitrogen and oxygen atoms in total. The van der Waals surface area contributed by atoms with Crippen molar-refractivity contribution in [3.8, 4) is 5.75 Å². The lowest BCUT2D eigenvalue weighted by atomic mass is 10.1. The van der Waals surface area contributed by atoms with Crippen molar-refractivity contribution < 1.29 is 14.1 Å². The van der Waals surface area contributed by atoms with Crippen molar-refractivity contribution in [2.75, 3.05) is 12.4 Å². The van der Waals surface area contributed by atoms with Crippen LogP contribution in [0.5, 0.6) is 5.75 Å². The molecule has 0 aliphatic rings. The normalized spacial score (nSPS) is 10.2. The van der Waals surface area contributed by atoms with Crippen LogP contribution in [0.1, 0.15) is 11.1 Å². The highest BCUT2D eigenvalue weighted by molar-refractivity contribution is 5.49. The zero-order chi connectivity index (χ0) is 15.4. The van der Waals surface area contributed by atoms with E-state index in [0.717, 1.165) is 5.56 Å². The van der Waals surface area contributed by atoms with E-state index in [-0.39, 0.29) is 11.5 Å².